The maximum atomic E-state index is 10.4. The lowest BCUT2D eigenvalue weighted by Crippen LogP contribution is -2.11. The number of carboxylic acids is 1. The van der Waals surface area contributed by atoms with Crippen LogP contribution < -0.4 is 0 Å². The minimum Gasteiger partial charge on any atom is -0.481 e. The molecule has 0 radical (unpaired) electrons. The van der Waals surface area contributed by atoms with Crippen molar-refractivity contribution in [3.63, 3.8) is 0 Å². The maximum absolute atomic E-state index is 10.4. The van der Waals surface area contributed by atoms with Crippen molar-refractivity contribution in [2.24, 2.45) is 0 Å². The maximum Gasteiger partial charge on any atom is 0.304 e. The van der Waals surface area contributed by atoms with E-state index in [0.29, 0.717) is 5.75 Å². The van der Waals surface area contributed by atoms with Gasteiger partial charge in [-0.1, -0.05) is 45.0 Å². The van der Waals surface area contributed by atoms with Crippen molar-refractivity contribution in [3.8, 4) is 0 Å². The third kappa shape index (κ3) is 5.26. The fourth-order valence-corrected chi connectivity index (χ4v) is 2.36. The van der Waals surface area contributed by atoms with E-state index in [-0.39, 0.29) is 11.8 Å². The third-order valence-electron chi connectivity index (χ3n) is 2.52. The quantitative estimate of drug-likeness (QED) is 0.812. The van der Waals surface area contributed by atoms with E-state index in [0.717, 1.165) is 5.75 Å². The number of carboxylic acid groups (broad SMARTS) is 1. The van der Waals surface area contributed by atoms with Crippen LogP contribution in [-0.4, -0.2) is 16.8 Å². The lowest BCUT2D eigenvalue weighted by atomic mass is 9.86. The van der Waals surface area contributed by atoms with Crippen LogP contribution in [0.2, 0.25) is 0 Å². The van der Waals surface area contributed by atoms with Crippen LogP contribution in [-0.2, 0) is 16.0 Å². The number of aliphatic carboxylic acids is 1. The van der Waals surface area contributed by atoms with Gasteiger partial charge in [0.2, 0.25) is 0 Å². The normalized spacial score (nSPS) is 11.5. The molecule has 0 saturated heterocycles. The summed E-state index contributed by atoms with van der Waals surface area (Å²) in [4.78, 5) is 10.4. The molecule has 1 aromatic carbocycles. The second-order valence-corrected chi connectivity index (χ2v) is 6.25. The van der Waals surface area contributed by atoms with Crippen molar-refractivity contribution in [3.05, 3.63) is 35.4 Å². The zero-order chi connectivity index (χ0) is 12.9. The highest BCUT2D eigenvalue weighted by Crippen LogP contribution is 2.24. The zero-order valence-electron chi connectivity index (χ0n) is 10.7. The molecule has 2 nitrogen and oxygen atoms in total. The van der Waals surface area contributed by atoms with Gasteiger partial charge < -0.3 is 5.11 Å². The Labute approximate surface area is 107 Å². The van der Waals surface area contributed by atoms with Crippen molar-refractivity contribution in [1.29, 1.82) is 0 Å². The topological polar surface area (TPSA) is 37.3 Å². The molecular weight excluding hydrogens is 232 g/mol. The van der Waals surface area contributed by atoms with Gasteiger partial charge in [0.1, 0.15) is 0 Å². The van der Waals surface area contributed by atoms with Crippen LogP contribution in [0.15, 0.2) is 24.3 Å². The molecule has 0 unspecified atom stereocenters. The van der Waals surface area contributed by atoms with Gasteiger partial charge in [-0.25, -0.2) is 0 Å². The molecule has 0 fully saturated rings. The van der Waals surface area contributed by atoms with E-state index in [9.17, 15) is 4.79 Å². The summed E-state index contributed by atoms with van der Waals surface area (Å²) in [6.07, 6.45) is 0.240. The van der Waals surface area contributed by atoms with Crippen LogP contribution >= 0.6 is 11.8 Å². The Kier molecular flexibility index (Phi) is 5.06. The molecule has 1 rings (SSSR count). The fraction of sp³-hybridized carbons (Fsp3) is 0.500. The van der Waals surface area contributed by atoms with Crippen molar-refractivity contribution in [2.75, 3.05) is 5.75 Å². The molecule has 0 aromatic heterocycles. The Morgan fingerprint density at radius 3 is 2.65 bits per heavy atom. The molecule has 0 aliphatic heterocycles. The number of hydrogen-bond acceptors (Lipinski definition) is 2. The monoisotopic (exact) mass is 252 g/mol. The smallest absolute Gasteiger partial charge is 0.304 e. The van der Waals surface area contributed by atoms with E-state index in [2.05, 4.69) is 45.0 Å². The Morgan fingerprint density at radius 2 is 2.06 bits per heavy atom. The first-order chi connectivity index (χ1) is 7.89. The molecule has 17 heavy (non-hydrogen) atoms. The highest BCUT2D eigenvalue weighted by molar-refractivity contribution is 7.98. The highest BCUT2D eigenvalue weighted by Gasteiger charge is 2.13. The van der Waals surface area contributed by atoms with Crippen molar-refractivity contribution >= 4 is 17.7 Å². The van der Waals surface area contributed by atoms with Gasteiger partial charge in [0, 0.05) is 11.5 Å². The molecule has 0 heterocycles. The largest absolute Gasteiger partial charge is 0.481 e. The average Bonchev–Trinajstić information content (AvgIpc) is 2.23. The number of thioether (sulfide) groups is 1. The number of hydrogen-bond donors (Lipinski definition) is 1. The summed E-state index contributed by atoms with van der Waals surface area (Å²) in [6.45, 7) is 6.59. The number of benzene rings is 1. The molecule has 0 spiro atoms. The molecular formula is C14H20O2S. The number of rotatable bonds is 5. The van der Waals surface area contributed by atoms with Crippen LogP contribution in [0.4, 0.5) is 0 Å². The Bertz CT molecular complexity index is 380. The van der Waals surface area contributed by atoms with Gasteiger partial charge in [-0.2, -0.15) is 11.8 Å². The van der Waals surface area contributed by atoms with E-state index in [4.69, 9.17) is 5.11 Å². The molecule has 0 atom stereocenters. The van der Waals surface area contributed by atoms with Crippen LogP contribution in [0, 0.1) is 0 Å². The summed E-state index contributed by atoms with van der Waals surface area (Å²) in [5.41, 5.74) is 2.77. The first-order valence-electron chi connectivity index (χ1n) is 5.78. The van der Waals surface area contributed by atoms with Crippen LogP contribution in [0.3, 0.4) is 0 Å². The number of carbonyl (C=O) groups is 1. The lowest BCUT2D eigenvalue weighted by molar-refractivity contribution is -0.136. The Morgan fingerprint density at radius 1 is 1.35 bits per heavy atom. The summed E-state index contributed by atoms with van der Waals surface area (Å²) in [5.74, 6) is 0.840. The molecule has 0 amide bonds. The van der Waals surface area contributed by atoms with Gasteiger partial charge >= 0.3 is 5.97 Å². The summed E-state index contributed by atoms with van der Waals surface area (Å²) < 4.78 is 0. The first-order valence-corrected chi connectivity index (χ1v) is 6.94. The van der Waals surface area contributed by atoms with E-state index < -0.39 is 5.97 Å². The second-order valence-electron chi connectivity index (χ2n) is 5.15. The van der Waals surface area contributed by atoms with Gasteiger partial charge in [0.25, 0.3) is 0 Å². The Hall–Kier alpha value is -0.960. The van der Waals surface area contributed by atoms with E-state index in [1.807, 2.05) is 0 Å². The molecule has 3 heteroatoms. The average molecular weight is 252 g/mol. The van der Waals surface area contributed by atoms with Crippen molar-refractivity contribution in [1.82, 2.24) is 0 Å². The lowest BCUT2D eigenvalue weighted by Gasteiger charge is -2.19. The highest BCUT2D eigenvalue weighted by atomic mass is 32.2. The van der Waals surface area contributed by atoms with Gasteiger partial charge in [0.15, 0.2) is 0 Å². The predicted octanol–water partition coefficient (Wildman–Crippen LogP) is 3.69. The fourth-order valence-electron chi connectivity index (χ4n) is 1.48. The van der Waals surface area contributed by atoms with E-state index in [1.54, 1.807) is 11.8 Å². The molecule has 0 bridgehead atoms. The third-order valence-corrected chi connectivity index (χ3v) is 3.55. The molecule has 0 saturated carbocycles. The van der Waals surface area contributed by atoms with Gasteiger partial charge in [-0.15, -0.1) is 0 Å². The van der Waals surface area contributed by atoms with Gasteiger partial charge in [-0.05, 0) is 16.5 Å². The standard InChI is InChI=1S/C14H20O2S/c1-14(2,3)12-6-4-5-11(9-12)10-17-8-7-13(15)16/h4-6,9H,7-8,10H2,1-3H3,(H,15,16). The summed E-state index contributed by atoms with van der Waals surface area (Å²) in [7, 11) is 0. The molecule has 0 aliphatic rings. The van der Waals surface area contributed by atoms with Gasteiger partial charge in [0.05, 0.1) is 6.42 Å². The predicted molar refractivity (Wildman–Crippen MR) is 73.6 cm³/mol. The molecule has 1 aromatic rings. The van der Waals surface area contributed by atoms with Crippen LogP contribution in [0.5, 0.6) is 0 Å². The summed E-state index contributed by atoms with van der Waals surface area (Å²) in [6, 6.07) is 8.54. The summed E-state index contributed by atoms with van der Waals surface area (Å²) in [5, 5.41) is 8.55. The van der Waals surface area contributed by atoms with E-state index >= 15 is 0 Å². The van der Waals surface area contributed by atoms with E-state index in [1.165, 1.54) is 11.1 Å². The molecule has 0 aliphatic carbocycles. The first kappa shape index (κ1) is 14.1. The summed E-state index contributed by atoms with van der Waals surface area (Å²) >= 11 is 1.67. The minimum absolute atomic E-state index is 0.168. The van der Waals surface area contributed by atoms with Crippen LogP contribution in [0.1, 0.15) is 38.3 Å². The molecule has 94 valence electrons. The molecule has 1 N–H and O–H groups in total. The SMILES string of the molecule is CC(C)(C)c1cccc(CSCCC(=O)O)c1. The van der Waals surface area contributed by atoms with Gasteiger partial charge in [-0.3, -0.25) is 4.79 Å². The minimum atomic E-state index is -0.721. The second kappa shape index (κ2) is 6.10. The Balaban J connectivity index is 2.52. The van der Waals surface area contributed by atoms with Crippen molar-refractivity contribution < 1.29 is 9.90 Å². The van der Waals surface area contributed by atoms with Crippen LogP contribution in [0.25, 0.3) is 0 Å². The van der Waals surface area contributed by atoms with Crippen molar-refractivity contribution in [2.45, 2.75) is 38.4 Å². The zero-order valence-corrected chi connectivity index (χ0v) is 11.5.